The Bertz CT molecular complexity index is 394. The molecule has 4 unspecified atom stereocenters. The van der Waals surface area contributed by atoms with E-state index in [1.165, 1.54) is 7.11 Å². The van der Waals surface area contributed by atoms with Crippen LogP contribution in [0.25, 0.3) is 0 Å². The lowest BCUT2D eigenvalue weighted by Crippen LogP contribution is -2.33. The first kappa shape index (κ1) is 16.3. The smallest absolute Gasteiger partial charge is 0.309 e. The van der Waals surface area contributed by atoms with Gasteiger partial charge in [0.15, 0.2) is 0 Å². The van der Waals surface area contributed by atoms with Crippen LogP contribution in [0.1, 0.15) is 52.4 Å². The van der Waals surface area contributed by atoms with E-state index in [2.05, 4.69) is 6.92 Å². The molecule has 1 aliphatic carbocycles. The zero-order valence-corrected chi connectivity index (χ0v) is 13.2. The number of esters is 2. The highest BCUT2D eigenvalue weighted by molar-refractivity contribution is 5.80. The summed E-state index contributed by atoms with van der Waals surface area (Å²) in [4.78, 5) is 23.9. The average molecular weight is 298 g/mol. The second-order valence-electron chi connectivity index (χ2n) is 6.36. The van der Waals surface area contributed by atoms with Crippen LogP contribution in [0.15, 0.2) is 0 Å². The van der Waals surface area contributed by atoms with Crippen molar-refractivity contribution in [3.63, 3.8) is 0 Å². The van der Waals surface area contributed by atoms with Gasteiger partial charge in [0, 0.05) is 0 Å². The molecule has 1 saturated heterocycles. The van der Waals surface area contributed by atoms with Crippen LogP contribution in [-0.2, 0) is 23.8 Å². The van der Waals surface area contributed by atoms with Gasteiger partial charge in [-0.05, 0) is 38.5 Å². The highest BCUT2D eigenvalue weighted by Gasteiger charge is 2.56. The van der Waals surface area contributed by atoms with E-state index in [0.29, 0.717) is 6.61 Å². The minimum atomic E-state index is -0.405. The molecule has 0 N–H and O–H groups in total. The first-order valence-corrected chi connectivity index (χ1v) is 7.91. The lowest BCUT2D eigenvalue weighted by Gasteiger charge is -2.28. The lowest BCUT2D eigenvalue weighted by molar-refractivity contribution is -0.155. The second-order valence-corrected chi connectivity index (χ2v) is 6.36. The lowest BCUT2D eigenvalue weighted by atomic mass is 9.75. The topological polar surface area (TPSA) is 65.1 Å². The van der Waals surface area contributed by atoms with Gasteiger partial charge in [-0.2, -0.15) is 0 Å². The van der Waals surface area contributed by atoms with Gasteiger partial charge in [0.25, 0.3) is 0 Å². The van der Waals surface area contributed by atoms with E-state index < -0.39 is 5.92 Å². The van der Waals surface area contributed by atoms with Crippen LogP contribution in [-0.4, -0.2) is 37.4 Å². The summed E-state index contributed by atoms with van der Waals surface area (Å²) in [5, 5.41) is 0. The maximum absolute atomic E-state index is 12.0. The van der Waals surface area contributed by atoms with Crippen molar-refractivity contribution in [3.8, 4) is 0 Å². The van der Waals surface area contributed by atoms with Crippen LogP contribution >= 0.6 is 0 Å². The Morgan fingerprint density at radius 2 is 2.19 bits per heavy atom. The summed E-state index contributed by atoms with van der Waals surface area (Å²) in [6.07, 6.45) is 4.86. The van der Waals surface area contributed by atoms with Gasteiger partial charge in [-0.1, -0.05) is 13.3 Å². The van der Waals surface area contributed by atoms with E-state index in [1.807, 2.05) is 6.92 Å². The van der Waals surface area contributed by atoms with Gasteiger partial charge >= 0.3 is 11.9 Å². The number of hydrogen-bond donors (Lipinski definition) is 0. The number of carbonyl (C=O) groups excluding carboxylic acids is 2. The highest BCUT2D eigenvalue weighted by atomic mass is 16.6. The maximum Gasteiger partial charge on any atom is 0.309 e. The van der Waals surface area contributed by atoms with Crippen LogP contribution in [0, 0.1) is 11.8 Å². The minimum Gasteiger partial charge on any atom is -0.469 e. The van der Waals surface area contributed by atoms with Gasteiger partial charge in [0.05, 0.1) is 37.8 Å². The fourth-order valence-corrected chi connectivity index (χ4v) is 3.20. The number of carbonyl (C=O) groups is 2. The van der Waals surface area contributed by atoms with Crippen molar-refractivity contribution in [3.05, 3.63) is 0 Å². The molecule has 4 atom stereocenters. The average Bonchev–Trinajstić information content (AvgIpc) is 3.14. The zero-order valence-electron chi connectivity index (χ0n) is 13.2. The van der Waals surface area contributed by atoms with Crippen molar-refractivity contribution in [2.45, 2.75) is 64.1 Å². The highest BCUT2D eigenvalue weighted by Crippen LogP contribution is 2.51. The Kier molecular flexibility index (Phi) is 5.25. The van der Waals surface area contributed by atoms with Crippen LogP contribution in [0.4, 0.5) is 0 Å². The van der Waals surface area contributed by atoms with E-state index in [1.54, 1.807) is 0 Å². The molecular formula is C16H26O5. The normalized spacial score (nSPS) is 32.0. The predicted molar refractivity (Wildman–Crippen MR) is 76.6 cm³/mol. The third-order valence-electron chi connectivity index (χ3n) is 4.78. The molecule has 0 aromatic rings. The van der Waals surface area contributed by atoms with E-state index in [9.17, 15) is 9.59 Å². The summed E-state index contributed by atoms with van der Waals surface area (Å²) in [6, 6.07) is 0. The van der Waals surface area contributed by atoms with Crippen molar-refractivity contribution >= 4 is 11.9 Å². The maximum atomic E-state index is 12.0. The van der Waals surface area contributed by atoms with E-state index in [-0.39, 0.29) is 36.0 Å². The molecule has 1 heterocycles. The molecule has 2 rings (SSSR count). The van der Waals surface area contributed by atoms with Crippen molar-refractivity contribution < 1.29 is 23.8 Å². The van der Waals surface area contributed by atoms with Crippen molar-refractivity contribution in [1.82, 2.24) is 0 Å². The molecule has 120 valence electrons. The Balaban J connectivity index is 1.89. The summed E-state index contributed by atoms with van der Waals surface area (Å²) in [7, 11) is 1.37. The summed E-state index contributed by atoms with van der Waals surface area (Å²) in [5.41, 5.74) is 0.0127. The molecule has 5 heteroatoms. The Morgan fingerprint density at radius 1 is 1.43 bits per heavy atom. The fourth-order valence-electron chi connectivity index (χ4n) is 3.20. The SMILES string of the molecule is CCCCOC(=O)CC(C(=O)OC)C1CCC2(C)OC2C1. The van der Waals surface area contributed by atoms with Crippen molar-refractivity contribution in [2.75, 3.05) is 13.7 Å². The molecule has 0 aromatic carbocycles. The Labute approximate surface area is 126 Å². The number of rotatable bonds is 7. The summed E-state index contributed by atoms with van der Waals surface area (Å²) >= 11 is 0. The molecule has 0 amide bonds. The third-order valence-corrected chi connectivity index (χ3v) is 4.78. The number of ether oxygens (including phenoxy) is 3. The molecule has 0 radical (unpaired) electrons. The summed E-state index contributed by atoms with van der Waals surface area (Å²) in [5.74, 6) is -0.866. The molecule has 0 bridgehead atoms. The van der Waals surface area contributed by atoms with Gasteiger partial charge < -0.3 is 14.2 Å². The molecule has 1 aliphatic heterocycles. The first-order chi connectivity index (χ1) is 10.00. The van der Waals surface area contributed by atoms with E-state index >= 15 is 0 Å². The number of methoxy groups -OCH3 is 1. The number of fused-ring (bicyclic) bond motifs is 1. The van der Waals surface area contributed by atoms with Crippen LogP contribution < -0.4 is 0 Å². The molecular weight excluding hydrogens is 272 g/mol. The van der Waals surface area contributed by atoms with Crippen molar-refractivity contribution in [2.24, 2.45) is 11.8 Å². The summed E-state index contributed by atoms with van der Waals surface area (Å²) in [6.45, 7) is 4.58. The third kappa shape index (κ3) is 3.96. The van der Waals surface area contributed by atoms with Gasteiger partial charge in [-0.3, -0.25) is 9.59 Å². The van der Waals surface area contributed by atoms with Gasteiger partial charge in [0.1, 0.15) is 0 Å². The monoisotopic (exact) mass is 298 g/mol. The standard InChI is InChI=1S/C16H26O5/c1-4-5-8-20-14(17)10-12(15(18)19-3)11-6-7-16(2)13(9-11)21-16/h11-13H,4-10H2,1-3H3. The molecule has 5 nitrogen and oxygen atoms in total. The first-order valence-electron chi connectivity index (χ1n) is 7.91. The Morgan fingerprint density at radius 3 is 2.81 bits per heavy atom. The Hall–Kier alpha value is -1.10. The molecule has 0 spiro atoms. The number of unbranched alkanes of at least 4 members (excludes halogenated alkanes) is 1. The quantitative estimate of drug-likeness (QED) is 0.410. The molecule has 2 fully saturated rings. The van der Waals surface area contributed by atoms with Crippen LogP contribution in [0.3, 0.4) is 0 Å². The molecule has 2 aliphatic rings. The van der Waals surface area contributed by atoms with Gasteiger partial charge in [-0.15, -0.1) is 0 Å². The molecule has 0 aromatic heterocycles. The second kappa shape index (κ2) is 6.77. The van der Waals surface area contributed by atoms with Gasteiger partial charge in [0.2, 0.25) is 0 Å². The fraction of sp³-hybridized carbons (Fsp3) is 0.875. The van der Waals surface area contributed by atoms with Crippen LogP contribution in [0.5, 0.6) is 0 Å². The van der Waals surface area contributed by atoms with E-state index in [0.717, 1.165) is 32.1 Å². The van der Waals surface area contributed by atoms with Crippen LogP contribution in [0.2, 0.25) is 0 Å². The zero-order chi connectivity index (χ0) is 15.5. The van der Waals surface area contributed by atoms with Gasteiger partial charge in [-0.25, -0.2) is 0 Å². The summed E-state index contributed by atoms with van der Waals surface area (Å²) < 4.78 is 15.7. The largest absolute Gasteiger partial charge is 0.469 e. The number of epoxide rings is 1. The number of hydrogen-bond acceptors (Lipinski definition) is 5. The van der Waals surface area contributed by atoms with Crippen molar-refractivity contribution in [1.29, 1.82) is 0 Å². The van der Waals surface area contributed by atoms with E-state index in [4.69, 9.17) is 14.2 Å². The minimum absolute atomic E-state index is 0.0127. The molecule has 21 heavy (non-hydrogen) atoms. The predicted octanol–water partition coefficient (Wildman–Crippen LogP) is 2.47. The molecule has 1 saturated carbocycles.